The zero-order chi connectivity index (χ0) is 45.2. The number of hydrogen-bond acceptors (Lipinski definition) is 7. The van der Waals surface area contributed by atoms with Gasteiger partial charge in [-0.1, -0.05) is 114 Å². The normalized spacial score (nSPS) is 22.2. The third kappa shape index (κ3) is 7.18. The number of para-hydroxylation sites is 3. The number of methoxy groups -OCH3 is 1. The summed E-state index contributed by atoms with van der Waals surface area (Å²) in [5.74, 6) is 1.02. The first-order valence-electron chi connectivity index (χ1n) is 22.1. The van der Waals surface area contributed by atoms with Gasteiger partial charge in [0.25, 0.3) is 11.8 Å². The van der Waals surface area contributed by atoms with Crippen molar-refractivity contribution in [2.75, 3.05) is 23.5 Å². The number of carbonyl (C=O) groups is 3. The molecule has 3 amide bonds. The van der Waals surface area contributed by atoms with E-state index in [1.165, 1.54) is 5.19 Å². The zero-order valence-corrected chi connectivity index (χ0v) is 39.3. The van der Waals surface area contributed by atoms with Gasteiger partial charge in [-0.05, 0) is 95.4 Å². The summed E-state index contributed by atoms with van der Waals surface area (Å²) >= 11 is 3.73. The van der Waals surface area contributed by atoms with Gasteiger partial charge in [0.1, 0.15) is 11.5 Å². The van der Waals surface area contributed by atoms with Gasteiger partial charge in [0.2, 0.25) is 5.91 Å². The van der Waals surface area contributed by atoms with Crippen molar-refractivity contribution in [2.45, 2.75) is 69.2 Å². The first kappa shape index (κ1) is 42.9. The number of aliphatic hydroxyl groups is 1. The Balaban J connectivity index is 0.999. The van der Waals surface area contributed by atoms with Crippen molar-refractivity contribution in [3.05, 3.63) is 172 Å². The fraction of sp³-hybridized carbons (Fsp3) is 0.264. The van der Waals surface area contributed by atoms with E-state index in [0.717, 1.165) is 38.2 Å². The molecule has 330 valence electrons. The van der Waals surface area contributed by atoms with Crippen LogP contribution in [0.1, 0.15) is 46.0 Å². The molecule has 10 rings (SSSR count). The highest BCUT2D eigenvalue weighted by atomic mass is 79.9. The molecular formula is C53H50BrN3O7Si. The molecule has 6 aromatic rings. The Kier molecular flexibility index (Phi) is 11.0. The molecule has 1 saturated heterocycles. The van der Waals surface area contributed by atoms with Crippen LogP contribution >= 0.6 is 15.9 Å². The lowest BCUT2D eigenvalue weighted by Crippen LogP contribution is -2.52. The summed E-state index contributed by atoms with van der Waals surface area (Å²) in [6.45, 7) is 7.24. The number of amides is 3. The number of ether oxygens (including phenoxy) is 3. The molecule has 6 aromatic carbocycles. The third-order valence-corrected chi connectivity index (χ3v) is 19.1. The minimum atomic E-state index is -2.57. The van der Waals surface area contributed by atoms with Gasteiger partial charge < -0.3 is 29.1 Å². The summed E-state index contributed by atoms with van der Waals surface area (Å²) < 4.78 is 20.0. The van der Waals surface area contributed by atoms with Crippen LogP contribution in [0.5, 0.6) is 17.2 Å². The third-order valence-electron chi connectivity index (χ3n) is 14.2. The number of aliphatic hydroxyl groups excluding tert-OH is 1. The lowest BCUT2D eigenvalue weighted by molar-refractivity contribution is -0.151. The zero-order valence-electron chi connectivity index (χ0n) is 36.7. The maximum atomic E-state index is 15.6. The van der Waals surface area contributed by atoms with Gasteiger partial charge in [-0.2, -0.15) is 0 Å². The van der Waals surface area contributed by atoms with Crippen molar-refractivity contribution in [3.8, 4) is 17.2 Å². The molecule has 0 unspecified atom stereocenters. The smallest absolute Gasteiger partial charge is 0.266 e. The number of fused-ring (bicyclic) bond motifs is 5. The second-order valence-electron chi connectivity index (χ2n) is 18.1. The topological polar surface area (TPSA) is 109 Å². The van der Waals surface area contributed by atoms with Crippen LogP contribution in [0.2, 0.25) is 18.6 Å². The van der Waals surface area contributed by atoms with Crippen LogP contribution in [0, 0.1) is 5.92 Å². The largest absolute Gasteiger partial charge is 0.497 e. The van der Waals surface area contributed by atoms with E-state index in [1.807, 2.05) is 114 Å². The number of rotatable bonds is 9. The Morgan fingerprint density at radius 1 is 0.846 bits per heavy atom. The molecule has 4 aliphatic rings. The Bertz CT molecular complexity index is 2840. The predicted molar refractivity (Wildman–Crippen MR) is 257 cm³/mol. The maximum absolute atomic E-state index is 15.6. The molecule has 0 aromatic heterocycles. The van der Waals surface area contributed by atoms with Crippen molar-refractivity contribution < 1.29 is 33.7 Å². The summed E-state index contributed by atoms with van der Waals surface area (Å²) in [5, 5.41) is 11.7. The lowest BCUT2D eigenvalue weighted by Gasteiger charge is -2.39. The molecular weight excluding hydrogens is 899 g/mol. The fourth-order valence-corrected chi connectivity index (χ4v) is 15.3. The Morgan fingerprint density at radius 2 is 1.54 bits per heavy atom. The van der Waals surface area contributed by atoms with Gasteiger partial charge in [-0.3, -0.25) is 19.3 Å². The molecule has 0 saturated carbocycles. The molecule has 1 fully saturated rings. The number of anilines is 3. The molecule has 1 N–H and O–H groups in total. The van der Waals surface area contributed by atoms with Crippen molar-refractivity contribution in [1.29, 1.82) is 0 Å². The van der Waals surface area contributed by atoms with Gasteiger partial charge in [-0.15, -0.1) is 0 Å². The molecule has 4 heterocycles. The van der Waals surface area contributed by atoms with Crippen molar-refractivity contribution in [1.82, 2.24) is 4.90 Å². The summed E-state index contributed by atoms with van der Waals surface area (Å²) in [6, 6.07) is 44.3. The highest BCUT2D eigenvalue weighted by Crippen LogP contribution is 2.60. The summed E-state index contributed by atoms with van der Waals surface area (Å²) in [7, 11) is -0.912. The van der Waals surface area contributed by atoms with Gasteiger partial charge >= 0.3 is 0 Å². The average molecular weight is 949 g/mol. The quantitative estimate of drug-likeness (QED) is 0.144. The van der Waals surface area contributed by atoms with E-state index in [2.05, 4.69) is 54.1 Å². The van der Waals surface area contributed by atoms with Gasteiger partial charge in [0, 0.05) is 28.2 Å². The first-order valence-corrected chi connectivity index (χ1v) is 26.0. The van der Waals surface area contributed by atoms with Gasteiger partial charge in [-0.25, -0.2) is 0 Å². The number of hydrogen-bond donors (Lipinski definition) is 1. The molecule has 12 heteroatoms. The fourth-order valence-electron chi connectivity index (χ4n) is 11.0. The van der Waals surface area contributed by atoms with Crippen LogP contribution in [-0.4, -0.2) is 61.7 Å². The standard InChI is InChI=1S/C53H50BrN3O7Si/c1-33-50(65(3,4)41-24-22-40(62-2)23-25-41)48(29-49(59)55-31-36-12-6-5-11-35(36)27-39(55)32-58)64-53(33)43-28-37(54)19-26-44(43)56(52(53)61)30-34-17-20-38(21-18-34)57-45-14-8-10-16-47(45)63-46-15-9-7-13-42(46)51(57)60/h5-26,28,33,39,48,50,58H,27,29-32H2,1-4H3/t33-,39+,48+,50-,53+/m1/s1. The molecule has 0 aliphatic carbocycles. The first-order chi connectivity index (χ1) is 31.4. The summed E-state index contributed by atoms with van der Waals surface area (Å²) in [6.07, 6.45) is 0.0315. The van der Waals surface area contributed by atoms with E-state index >= 15 is 4.79 Å². The number of carbonyl (C=O) groups excluding carboxylic acids is 3. The van der Waals surface area contributed by atoms with Crippen LogP contribution < -0.4 is 24.5 Å². The van der Waals surface area contributed by atoms with Crippen LogP contribution in [-0.2, 0) is 39.4 Å². The summed E-state index contributed by atoms with van der Waals surface area (Å²) in [4.78, 5) is 49.8. The molecule has 0 radical (unpaired) electrons. The average Bonchev–Trinajstić information content (AvgIpc) is 3.69. The van der Waals surface area contributed by atoms with E-state index in [-0.39, 0.29) is 54.8 Å². The highest BCUT2D eigenvalue weighted by molar-refractivity contribution is 9.10. The van der Waals surface area contributed by atoms with Crippen LogP contribution in [0.25, 0.3) is 0 Å². The van der Waals surface area contributed by atoms with Gasteiger partial charge in [0.15, 0.2) is 11.4 Å². The molecule has 65 heavy (non-hydrogen) atoms. The molecule has 1 spiro atoms. The monoisotopic (exact) mass is 947 g/mol. The van der Waals surface area contributed by atoms with E-state index < -0.39 is 19.8 Å². The lowest BCUT2D eigenvalue weighted by atomic mass is 9.82. The number of nitrogens with zero attached hydrogens (tertiary/aromatic N) is 3. The minimum absolute atomic E-state index is 0.0634. The Hall–Kier alpha value is -6.05. The molecule has 0 bridgehead atoms. The summed E-state index contributed by atoms with van der Waals surface area (Å²) in [5.41, 5.74) is 4.80. The predicted octanol–water partition coefficient (Wildman–Crippen LogP) is 9.64. The second-order valence-corrected chi connectivity index (χ2v) is 23.7. The van der Waals surface area contributed by atoms with Crippen LogP contribution in [0.15, 0.2) is 144 Å². The Labute approximate surface area is 388 Å². The van der Waals surface area contributed by atoms with Crippen molar-refractivity contribution in [3.63, 3.8) is 0 Å². The van der Waals surface area contributed by atoms with E-state index in [4.69, 9.17) is 14.2 Å². The van der Waals surface area contributed by atoms with Crippen molar-refractivity contribution in [2.24, 2.45) is 5.92 Å². The number of benzene rings is 6. The SMILES string of the molecule is COc1ccc([Si](C)(C)[C@H]2[C@H](CC(=O)N3Cc4ccccc4C[C@H]3CO)O[C@@]3(C(=O)N(Cc4ccc(N5C(=O)c6ccccc6Oc6ccccc65)cc4)c4ccc(Br)cc43)[C@@H]2C)cc1. The highest BCUT2D eigenvalue weighted by Gasteiger charge is 2.66. The van der Waals surface area contributed by atoms with E-state index in [9.17, 15) is 14.7 Å². The molecule has 4 aliphatic heterocycles. The van der Waals surface area contributed by atoms with E-state index in [0.29, 0.717) is 41.4 Å². The Morgan fingerprint density at radius 3 is 2.28 bits per heavy atom. The van der Waals surface area contributed by atoms with Crippen molar-refractivity contribution >= 4 is 64.0 Å². The number of halogens is 1. The molecule has 10 nitrogen and oxygen atoms in total. The molecule has 5 atom stereocenters. The van der Waals surface area contributed by atoms with Crippen LogP contribution in [0.4, 0.5) is 17.1 Å². The maximum Gasteiger partial charge on any atom is 0.266 e. The van der Waals surface area contributed by atoms with Crippen LogP contribution in [0.3, 0.4) is 0 Å². The minimum Gasteiger partial charge on any atom is -0.497 e. The van der Waals surface area contributed by atoms with Gasteiger partial charge in [0.05, 0.1) is 63.8 Å². The second kappa shape index (κ2) is 16.7. The van der Waals surface area contributed by atoms with E-state index in [1.54, 1.807) is 29.0 Å².